The van der Waals surface area contributed by atoms with Gasteiger partial charge in [-0.15, -0.1) is 0 Å². The van der Waals surface area contributed by atoms with E-state index in [1.807, 2.05) is 12.1 Å². The predicted molar refractivity (Wildman–Crippen MR) is 69.1 cm³/mol. The minimum Gasteiger partial charge on any atom is -0.477 e. The van der Waals surface area contributed by atoms with Crippen molar-refractivity contribution in [2.24, 2.45) is 0 Å². The van der Waals surface area contributed by atoms with Gasteiger partial charge in [0, 0.05) is 5.16 Å². The average Bonchev–Trinajstić information content (AvgIpc) is 2.28. The van der Waals surface area contributed by atoms with Crippen LogP contribution >= 0.6 is 8.81 Å². The van der Waals surface area contributed by atoms with Crippen molar-refractivity contribution in [2.75, 3.05) is 0 Å². The SMILES string of the molecule is CCC(C)(CC)POc1ccc(C)cc1. The van der Waals surface area contributed by atoms with Gasteiger partial charge in [0.2, 0.25) is 0 Å². The van der Waals surface area contributed by atoms with E-state index in [-0.39, 0.29) is 0 Å². The lowest BCUT2D eigenvalue weighted by Gasteiger charge is -2.25. The largest absolute Gasteiger partial charge is 0.477 e. The van der Waals surface area contributed by atoms with E-state index in [9.17, 15) is 0 Å². The molecule has 0 aliphatic rings. The standard InChI is InChI=1S/C13H21OP/c1-5-13(4,6-2)15-14-12-9-7-11(3)8-10-12/h7-10,15H,5-6H2,1-4H3. The summed E-state index contributed by atoms with van der Waals surface area (Å²) in [4.78, 5) is 0. The molecule has 0 aliphatic carbocycles. The Morgan fingerprint density at radius 3 is 2.13 bits per heavy atom. The highest BCUT2D eigenvalue weighted by Crippen LogP contribution is 2.39. The van der Waals surface area contributed by atoms with Gasteiger partial charge in [-0.1, -0.05) is 38.5 Å². The van der Waals surface area contributed by atoms with Crippen LogP contribution in [0.15, 0.2) is 24.3 Å². The van der Waals surface area contributed by atoms with Crippen LogP contribution in [0.3, 0.4) is 0 Å². The fourth-order valence-corrected chi connectivity index (χ4v) is 1.97. The van der Waals surface area contributed by atoms with Crippen molar-refractivity contribution < 1.29 is 4.52 Å². The number of hydrogen-bond donors (Lipinski definition) is 0. The molecule has 0 spiro atoms. The number of hydrogen-bond acceptors (Lipinski definition) is 1. The maximum absolute atomic E-state index is 5.84. The van der Waals surface area contributed by atoms with E-state index < -0.39 is 0 Å². The molecule has 0 heterocycles. The number of rotatable bonds is 5. The van der Waals surface area contributed by atoms with E-state index in [0.29, 0.717) is 14.0 Å². The van der Waals surface area contributed by atoms with Crippen molar-refractivity contribution in [1.82, 2.24) is 0 Å². The van der Waals surface area contributed by atoms with Crippen LogP contribution < -0.4 is 4.52 Å². The number of benzene rings is 1. The van der Waals surface area contributed by atoms with E-state index in [0.717, 1.165) is 5.75 Å². The molecule has 0 fully saturated rings. The molecule has 1 unspecified atom stereocenters. The first-order valence-electron chi connectivity index (χ1n) is 5.60. The maximum Gasteiger partial charge on any atom is 0.122 e. The molecule has 0 saturated carbocycles. The lowest BCUT2D eigenvalue weighted by molar-refractivity contribution is 0.530. The third kappa shape index (κ3) is 3.83. The first-order chi connectivity index (χ1) is 7.09. The van der Waals surface area contributed by atoms with Crippen LogP contribution in [-0.4, -0.2) is 5.16 Å². The molecule has 1 aromatic carbocycles. The molecule has 0 saturated heterocycles. The van der Waals surface area contributed by atoms with Crippen molar-refractivity contribution >= 4 is 8.81 Å². The van der Waals surface area contributed by atoms with Crippen LogP contribution in [0, 0.1) is 6.92 Å². The Bertz CT molecular complexity index is 288. The van der Waals surface area contributed by atoms with Gasteiger partial charge in [0.05, 0.1) is 8.81 Å². The summed E-state index contributed by atoms with van der Waals surface area (Å²) in [6, 6.07) is 8.28. The van der Waals surface area contributed by atoms with Gasteiger partial charge >= 0.3 is 0 Å². The summed E-state index contributed by atoms with van der Waals surface area (Å²) in [7, 11) is 0.551. The Morgan fingerprint density at radius 2 is 1.67 bits per heavy atom. The van der Waals surface area contributed by atoms with Crippen LogP contribution in [0.2, 0.25) is 0 Å². The molecule has 15 heavy (non-hydrogen) atoms. The Hall–Kier alpha value is -0.550. The number of aryl methyl sites for hydroxylation is 1. The van der Waals surface area contributed by atoms with Gasteiger partial charge in [0.15, 0.2) is 0 Å². The zero-order valence-electron chi connectivity index (χ0n) is 10.1. The normalized spacial score (nSPS) is 12.3. The minimum atomic E-state index is 0.338. The second-order valence-electron chi connectivity index (χ2n) is 4.28. The van der Waals surface area contributed by atoms with Gasteiger partial charge < -0.3 is 4.52 Å². The summed E-state index contributed by atoms with van der Waals surface area (Å²) in [5.74, 6) is 0.993. The first kappa shape index (κ1) is 12.5. The van der Waals surface area contributed by atoms with Crippen LogP contribution in [0.4, 0.5) is 0 Å². The molecule has 0 amide bonds. The molecule has 0 N–H and O–H groups in total. The molecule has 0 radical (unpaired) electrons. The highest BCUT2D eigenvalue weighted by atomic mass is 31.1. The van der Waals surface area contributed by atoms with Gasteiger partial charge in [0.25, 0.3) is 0 Å². The summed E-state index contributed by atoms with van der Waals surface area (Å²) in [6.07, 6.45) is 2.35. The Labute approximate surface area is 95.1 Å². The van der Waals surface area contributed by atoms with Gasteiger partial charge in [-0.05, 0) is 31.9 Å². The van der Waals surface area contributed by atoms with Gasteiger partial charge in [-0.3, -0.25) is 0 Å². The average molecular weight is 224 g/mol. The fraction of sp³-hybridized carbons (Fsp3) is 0.538. The Balaban J connectivity index is 2.53. The van der Waals surface area contributed by atoms with E-state index in [4.69, 9.17) is 4.52 Å². The quantitative estimate of drug-likeness (QED) is 0.667. The van der Waals surface area contributed by atoms with Gasteiger partial charge in [-0.25, -0.2) is 0 Å². The summed E-state index contributed by atoms with van der Waals surface area (Å²) in [6.45, 7) is 8.85. The highest BCUT2D eigenvalue weighted by molar-refractivity contribution is 7.34. The van der Waals surface area contributed by atoms with Gasteiger partial charge in [0.1, 0.15) is 5.75 Å². The lowest BCUT2D eigenvalue weighted by Crippen LogP contribution is -2.16. The molecule has 1 aromatic rings. The van der Waals surface area contributed by atoms with Crippen molar-refractivity contribution in [3.63, 3.8) is 0 Å². The predicted octanol–water partition coefficient (Wildman–Crippen LogP) is 4.55. The Kier molecular flexibility index (Phi) is 4.60. The second-order valence-corrected chi connectivity index (χ2v) is 5.90. The van der Waals surface area contributed by atoms with Crippen molar-refractivity contribution in [1.29, 1.82) is 0 Å². The first-order valence-corrected chi connectivity index (χ1v) is 6.51. The third-order valence-electron chi connectivity index (χ3n) is 3.00. The van der Waals surface area contributed by atoms with Crippen LogP contribution in [0.5, 0.6) is 5.75 Å². The third-order valence-corrected chi connectivity index (χ3v) is 4.53. The zero-order chi connectivity index (χ0) is 11.3. The van der Waals surface area contributed by atoms with Crippen LogP contribution in [-0.2, 0) is 0 Å². The molecule has 0 bridgehead atoms. The van der Waals surface area contributed by atoms with Crippen LogP contribution in [0.1, 0.15) is 39.2 Å². The topological polar surface area (TPSA) is 9.23 Å². The van der Waals surface area contributed by atoms with E-state index in [1.165, 1.54) is 18.4 Å². The summed E-state index contributed by atoms with van der Waals surface area (Å²) < 4.78 is 5.84. The van der Waals surface area contributed by atoms with Crippen LogP contribution in [0.25, 0.3) is 0 Å². The summed E-state index contributed by atoms with van der Waals surface area (Å²) >= 11 is 0. The smallest absolute Gasteiger partial charge is 0.122 e. The fourth-order valence-electron chi connectivity index (χ4n) is 1.18. The summed E-state index contributed by atoms with van der Waals surface area (Å²) in [5.41, 5.74) is 1.28. The summed E-state index contributed by atoms with van der Waals surface area (Å²) in [5, 5.41) is 0.338. The van der Waals surface area contributed by atoms with Crippen molar-refractivity contribution in [2.45, 2.75) is 45.7 Å². The molecule has 0 aromatic heterocycles. The van der Waals surface area contributed by atoms with E-state index >= 15 is 0 Å². The monoisotopic (exact) mass is 224 g/mol. The van der Waals surface area contributed by atoms with Crippen molar-refractivity contribution in [3.8, 4) is 5.75 Å². The highest BCUT2D eigenvalue weighted by Gasteiger charge is 2.20. The zero-order valence-corrected chi connectivity index (χ0v) is 11.1. The second kappa shape index (κ2) is 5.51. The minimum absolute atomic E-state index is 0.338. The molecular formula is C13H21OP. The maximum atomic E-state index is 5.84. The molecule has 1 rings (SSSR count). The van der Waals surface area contributed by atoms with E-state index in [1.54, 1.807) is 0 Å². The molecule has 1 nitrogen and oxygen atoms in total. The molecule has 2 heteroatoms. The van der Waals surface area contributed by atoms with Gasteiger partial charge in [-0.2, -0.15) is 0 Å². The molecular weight excluding hydrogens is 203 g/mol. The van der Waals surface area contributed by atoms with Crippen molar-refractivity contribution in [3.05, 3.63) is 29.8 Å². The molecule has 84 valence electrons. The Morgan fingerprint density at radius 1 is 1.13 bits per heavy atom. The van der Waals surface area contributed by atoms with E-state index in [2.05, 4.69) is 39.8 Å². The molecule has 0 aliphatic heterocycles. The molecule has 1 atom stereocenters. The lowest BCUT2D eigenvalue weighted by atomic mass is 10.1.